The van der Waals surface area contributed by atoms with Gasteiger partial charge in [0.25, 0.3) is 5.56 Å². The topological polar surface area (TPSA) is 91.4 Å². The minimum Gasteiger partial charge on any atom is -0.466 e. The molecule has 0 aliphatic carbocycles. The SMILES string of the molecule is CCOC(=O)Cc1ccc(-n2c(N)c(C(=O)c3ccc(F)cc3)ccc2=O)cc1. The Bertz CT molecular complexity index is 1100. The Morgan fingerprint density at radius 3 is 2.28 bits per heavy atom. The predicted molar refractivity (Wildman–Crippen MR) is 107 cm³/mol. The fourth-order valence-electron chi connectivity index (χ4n) is 2.91. The zero-order valence-corrected chi connectivity index (χ0v) is 15.7. The average Bonchev–Trinajstić information content (AvgIpc) is 2.70. The van der Waals surface area contributed by atoms with E-state index < -0.39 is 17.2 Å². The van der Waals surface area contributed by atoms with E-state index in [1.54, 1.807) is 31.2 Å². The molecule has 0 aliphatic rings. The van der Waals surface area contributed by atoms with E-state index >= 15 is 0 Å². The first-order valence-corrected chi connectivity index (χ1v) is 8.97. The number of halogens is 1. The summed E-state index contributed by atoms with van der Waals surface area (Å²) in [5.41, 5.74) is 7.29. The van der Waals surface area contributed by atoms with Crippen LogP contribution in [-0.4, -0.2) is 22.9 Å². The van der Waals surface area contributed by atoms with E-state index in [1.165, 1.54) is 41.0 Å². The number of pyridine rings is 1. The van der Waals surface area contributed by atoms with Crippen molar-refractivity contribution in [2.75, 3.05) is 12.3 Å². The van der Waals surface area contributed by atoms with Crippen molar-refractivity contribution in [1.82, 2.24) is 4.57 Å². The summed E-state index contributed by atoms with van der Waals surface area (Å²) in [5, 5.41) is 0. The number of benzene rings is 2. The summed E-state index contributed by atoms with van der Waals surface area (Å²) in [7, 11) is 0. The number of nitrogens with two attached hydrogens (primary N) is 1. The van der Waals surface area contributed by atoms with E-state index in [-0.39, 0.29) is 29.3 Å². The maximum Gasteiger partial charge on any atom is 0.310 e. The molecule has 3 aromatic rings. The molecule has 1 aromatic heterocycles. The van der Waals surface area contributed by atoms with Crippen LogP contribution >= 0.6 is 0 Å². The van der Waals surface area contributed by atoms with Crippen LogP contribution in [0.25, 0.3) is 5.69 Å². The van der Waals surface area contributed by atoms with E-state index in [0.717, 1.165) is 5.56 Å². The van der Waals surface area contributed by atoms with Gasteiger partial charge < -0.3 is 10.5 Å². The van der Waals surface area contributed by atoms with Gasteiger partial charge in [-0.05, 0) is 55.0 Å². The Hall–Kier alpha value is -3.74. The highest BCUT2D eigenvalue weighted by molar-refractivity contribution is 6.11. The fraction of sp³-hybridized carbons (Fsp3) is 0.136. The molecule has 0 bridgehead atoms. The first-order valence-electron chi connectivity index (χ1n) is 8.97. The van der Waals surface area contributed by atoms with Gasteiger partial charge in [-0.15, -0.1) is 0 Å². The first kappa shape index (κ1) is 20.0. The van der Waals surface area contributed by atoms with Crippen molar-refractivity contribution in [3.8, 4) is 5.69 Å². The Morgan fingerprint density at radius 2 is 1.66 bits per heavy atom. The maximum atomic E-state index is 13.1. The largest absolute Gasteiger partial charge is 0.466 e. The molecular formula is C22H19FN2O4. The number of ether oxygens (including phenoxy) is 1. The molecule has 0 aliphatic heterocycles. The lowest BCUT2D eigenvalue weighted by Crippen LogP contribution is -2.23. The number of nitrogen functional groups attached to an aromatic ring is 1. The number of ketones is 1. The Morgan fingerprint density at radius 1 is 1.00 bits per heavy atom. The molecule has 0 saturated heterocycles. The summed E-state index contributed by atoms with van der Waals surface area (Å²) >= 11 is 0. The van der Waals surface area contributed by atoms with Crippen molar-refractivity contribution in [2.24, 2.45) is 0 Å². The van der Waals surface area contributed by atoms with E-state index in [4.69, 9.17) is 10.5 Å². The third-order valence-corrected chi connectivity index (χ3v) is 4.33. The summed E-state index contributed by atoms with van der Waals surface area (Å²) in [6.07, 6.45) is 0.113. The summed E-state index contributed by atoms with van der Waals surface area (Å²) < 4.78 is 19.2. The summed E-state index contributed by atoms with van der Waals surface area (Å²) in [6, 6.07) is 14.3. The number of hydrogen-bond acceptors (Lipinski definition) is 5. The van der Waals surface area contributed by atoms with Crippen LogP contribution in [0.2, 0.25) is 0 Å². The molecular weight excluding hydrogens is 375 g/mol. The molecule has 0 amide bonds. The standard InChI is InChI=1S/C22H19FN2O4/c1-2-29-20(27)13-14-3-9-17(10-4-14)25-19(26)12-11-18(22(25)24)21(28)15-5-7-16(23)8-6-15/h3-12H,2,13,24H2,1H3. The highest BCUT2D eigenvalue weighted by Gasteiger charge is 2.17. The van der Waals surface area contributed by atoms with Gasteiger partial charge in [0.1, 0.15) is 11.6 Å². The normalized spacial score (nSPS) is 10.6. The van der Waals surface area contributed by atoms with Crippen LogP contribution in [-0.2, 0) is 16.0 Å². The first-order chi connectivity index (χ1) is 13.9. The van der Waals surface area contributed by atoms with E-state index in [0.29, 0.717) is 12.3 Å². The number of hydrogen-bond donors (Lipinski definition) is 1. The van der Waals surface area contributed by atoms with Crippen molar-refractivity contribution < 1.29 is 18.7 Å². The van der Waals surface area contributed by atoms with Crippen LogP contribution in [0.1, 0.15) is 28.4 Å². The fourth-order valence-corrected chi connectivity index (χ4v) is 2.91. The van der Waals surface area contributed by atoms with Crippen LogP contribution in [0.3, 0.4) is 0 Å². The summed E-state index contributed by atoms with van der Waals surface area (Å²) in [6.45, 7) is 2.04. The lowest BCUT2D eigenvalue weighted by atomic mass is 10.0. The van der Waals surface area contributed by atoms with Gasteiger partial charge in [-0.2, -0.15) is 0 Å². The lowest BCUT2D eigenvalue weighted by molar-refractivity contribution is -0.142. The molecule has 6 nitrogen and oxygen atoms in total. The molecule has 0 radical (unpaired) electrons. The molecule has 0 spiro atoms. The molecule has 1 heterocycles. The smallest absolute Gasteiger partial charge is 0.310 e. The molecule has 2 N–H and O–H groups in total. The van der Waals surface area contributed by atoms with Gasteiger partial charge in [-0.25, -0.2) is 4.39 Å². The Kier molecular flexibility index (Phi) is 5.87. The van der Waals surface area contributed by atoms with Crippen LogP contribution in [0.5, 0.6) is 0 Å². The van der Waals surface area contributed by atoms with Crippen LogP contribution < -0.4 is 11.3 Å². The second-order valence-electron chi connectivity index (χ2n) is 6.29. The van der Waals surface area contributed by atoms with E-state index in [1.807, 2.05) is 0 Å². The Balaban J connectivity index is 1.95. The number of aromatic nitrogens is 1. The monoisotopic (exact) mass is 394 g/mol. The lowest BCUT2D eigenvalue weighted by Gasteiger charge is -2.13. The van der Waals surface area contributed by atoms with Crippen molar-refractivity contribution in [1.29, 1.82) is 0 Å². The molecule has 2 aromatic carbocycles. The zero-order chi connectivity index (χ0) is 21.0. The van der Waals surface area contributed by atoms with Crippen LogP contribution in [0.15, 0.2) is 65.5 Å². The van der Waals surface area contributed by atoms with E-state index in [9.17, 15) is 18.8 Å². The van der Waals surface area contributed by atoms with Crippen molar-refractivity contribution >= 4 is 17.6 Å². The highest BCUT2D eigenvalue weighted by Crippen LogP contribution is 2.19. The quantitative estimate of drug-likeness (QED) is 0.513. The number of rotatable bonds is 6. The number of nitrogens with zero attached hydrogens (tertiary/aromatic N) is 1. The van der Waals surface area contributed by atoms with Gasteiger partial charge >= 0.3 is 5.97 Å². The minimum atomic E-state index is -0.456. The van der Waals surface area contributed by atoms with Crippen molar-refractivity contribution in [3.05, 3.63) is 93.5 Å². The van der Waals surface area contributed by atoms with E-state index in [2.05, 4.69) is 0 Å². The molecule has 3 rings (SSSR count). The minimum absolute atomic E-state index is 0.0232. The van der Waals surface area contributed by atoms with Crippen LogP contribution in [0.4, 0.5) is 10.2 Å². The summed E-state index contributed by atoms with van der Waals surface area (Å²) in [4.78, 5) is 36.7. The van der Waals surface area contributed by atoms with Gasteiger partial charge in [0.05, 0.1) is 24.3 Å². The van der Waals surface area contributed by atoms with Crippen LogP contribution in [0, 0.1) is 5.82 Å². The third kappa shape index (κ3) is 4.40. The molecule has 0 fully saturated rings. The third-order valence-electron chi connectivity index (χ3n) is 4.33. The second kappa shape index (κ2) is 8.52. The van der Waals surface area contributed by atoms with Gasteiger partial charge in [0.15, 0.2) is 5.78 Å². The number of esters is 1. The predicted octanol–water partition coefficient (Wildman–Crippen LogP) is 2.90. The number of carbonyl (C=O) groups is 2. The second-order valence-corrected chi connectivity index (χ2v) is 6.29. The van der Waals surface area contributed by atoms with Gasteiger partial charge in [-0.1, -0.05) is 12.1 Å². The maximum absolute atomic E-state index is 13.1. The molecule has 0 saturated carbocycles. The zero-order valence-electron chi connectivity index (χ0n) is 15.7. The van der Waals surface area contributed by atoms with Crippen molar-refractivity contribution in [2.45, 2.75) is 13.3 Å². The number of anilines is 1. The van der Waals surface area contributed by atoms with Gasteiger partial charge in [-0.3, -0.25) is 19.0 Å². The van der Waals surface area contributed by atoms with Gasteiger partial charge in [0.2, 0.25) is 0 Å². The molecule has 7 heteroatoms. The highest BCUT2D eigenvalue weighted by atomic mass is 19.1. The average molecular weight is 394 g/mol. The molecule has 148 valence electrons. The number of carbonyl (C=O) groups excluding carboxylic acids is 2. The van der Waals surface area contributed by atoms with Gasteiger partial charge in [0, 0.05) is 11.6 Å². The summed E-state index contributed by atoms with van der Waals surface area (Å²) in [5.74, 6) is -1.24. The molecule has 0 unspecified atom stereocenters. The molecule has 0 atom stereocenters. The molecule has 29 heavy (non-hydrogen) atoms. The Labute approximate surface area is 166 Å². The van der Waals surface area contributed by atoms with Crippen molar-refractivity contribution in [3.63, 3.8) is 0 Å².